The molecule has 1 N–H and O–H groups in total. The van der Waals surface area contributed by atoms with Gasteiger partial charge in [-0.05, 0) is 63.2 Å². The van der Waals surface area contributed by atoms with Gasteiger partial charge in [-0.1, -0.05) is 36.6 Å². The van der Waals surface area contributed by atoms with Crippen molar-refractivity contribution in [2.75, 3.05) is 0 Å². The fourth-order valence-corrected chi connectivity index (χ4v) is 5.74. The molecule has 2 fully saturated rings. The van der Waals surface area contributed by atoms with Gasteiger partial charge in [0.25, 0.3) is 0 Å². The Kier molecular flexibility index (Phi) is 2.93. The van der Waals surface area contributed by atoms with E-state index in [1.807, 2.05) is 5.57 Å². The quantitative estimate of drug-likeness (QED) is 0.638. The normalized spacial score (nSPS) is 47.5. The minimum atomic E-state index is -0.0592. The molecule has 0 amide bonds. The van der Waals surface area contributed by atoms with Gasteiger partial charge in [0.1, 0.15) is 0 Å². The van der Waals surface area contributed by atoms with Crippen molar-refractivity contribution < 1.29 is 5.11 Å². The summed E-state index contributed by atoms with van der Waals surface area (Å²) in [6.07, 6.45) is 12.6. The fourth-order valence-electron chi connectivity index (χ4n) is 5.74. The molecule has 0 aromatic rings. The highest BCUT2D eigenvalue weighted by molar-refractivity contribution is 5.38. The largest absolute Gasteiger partial charge is 0.393 e. The molecule has 0 aromatic carbocycles. The van der Waals surface area contributed by atoms with E-state index in [9.17, 15) is 5.11 Å². The van der Waals surface area contributed by atoms with E-state index in [-0.39, 0.29) is 11.5 Å². The molecule has 0 saturated heterocycles. The van der Waals surface area contributed by atoms with Crippen molar-refractivity contribution in [3.05, 3.63) is 22.8 Å². The van der Waals surface area contributed by atoms with E-state index in [1.54, 1.807) is 11.1 Å². The monoisotopic (exact) mass is 272 g/mol. The summed E-state index contributed by atoms with van der Waals surface area (Å²) in [5, 5.41) is 10.4. The van der Waals surface area contributed by atoms with E-state index < -0.39 is 0 Å². The minimum Gasteiger partial charge on any atom is -0.393 e. The molecule has 0 heterocycles. The summed E-state index contributed by atoms with van der Waals surface area (Å²) in [5.74, 6) is 2.32. The zero-order valence-electron chi connectivity index (χ0n) is 13.0. The van der Waals surface area contributed by atoms with Crippen molar-refractivity contribution >= 4 is 0 Å². The molecule has 110 valence electrons. The van der Waals surface area contributed by atoms with Crippen LogP contribution in [0.15, 0.2) is 22.8 Å². The molecule has 4 aliphatic rings. The second-order valence-corrected chi connectivity index (χ2v) is 8.13. The van der Waals surface area contributed by atoms with Crippen LogP contribution in [0.1, 0.15) is 65.2 Å². The van der Waals surface area contributed by atoms with Crippen LogP contribution in [0, 0.1) is 23.2 Å². The van der Waals surface area contributed by atoms with E-state index in [0.717, 1.165) is 18.3 Å². The van der Waals surface area contributed by atoms with Crippen molar-refractivity contribution in [3.8, 4) is 0 Å². The second-order valence-electron chi connectivity index (χ2n) is 8.13. The molecule has 0 aromatic heterocycles. The standard InChI is InChI=1S/C19H28O/c1-12-3-5-14-13(11-12)4-6-16-15(14)9-10-19(2)17(16)7-8-18(19)20/h6,12,15,17-18,20H,3-5,7-11H2,1-2H3/t12?,15-,17+,18+,19+/m1/s1. The molecular formula is C19H28O. The highest BCUT2D eigenvalue weighted by atomic mass is 16.3. The third kappa shape index (κ3) is 1.71. The Labute approximate surface area is 123 Å². The van der Waals surface area contributed by atoms with Gasteiger partial charge in [0.15, 0.2) is 0 Å². The van der Waals surface area contributed by atoms with Crippen molar-refractivity contribution in [1.29, 1.82) is 0 Å². The first-order valence-corrected chi connectivity index (χ1v) is 8.68. The summed E-state index contributed by atoms with van der Waals surface area (Å²) in [5.41, 5.74) is 5.51. The first kappa shape index (κ1) is 13.1. The van der Waals surface area contributed by atoms with Crippen LogP contribution in [-0.2, 0) is 0 Å². The van der Waals surface area contributed by atoms with E-state index in [4.69, 9.17) is 0 Å². The first-order chi connectivity index (χ1) is 9.59. The van der Waals surface area contributed by atoms with E-state index in [2.05, 4.69) is 19.9 Å². The maximum absolute atomic E-state index is 10.4. The smallest absolute Gasteiger partial charge is 0.0599 e. The number of hydrogen-bond donors (Lipinski definition) is 1. The van der Waals surface area contributed by atoms with Crippen LogP contribution in [0.5, 0.6) is 0 Å². The molecule has 1 nitrogen and oxygen atoms in total. The number of fused-ring (bicyclic) bond motifs is 4. The van der Waals surface area contributed by atoms with Gasteiger partial charge in [0.2, 0.25) is 0 Å². The van der Waals surface area contributed by atoms with Gasteiger partial charge in [-0.15, -0.1) is 0 Å². The van der Waals surface area contributed by atoms with Crippen molar-refractivity contribution in [3.63, 3.8) is 0 Å². The Hall–Kier alpha value is -0.560. The average molecular weight is 272 g/mol. The SMILES string of the molecule is CC1CCC2=C(CC=C3[C@@H]2CC[C@]2(C)[C@@H](O)CC[C@@H]32)C1. The fraction of sp³-hybridized carbons (Fsp3) is 0.789. The molecule has 5 atom stereocenters. The Balaban J connectivity index is 1.66. The molecule has 4 aliphatic carbocycles. The zero-order valence-corrected chi connectivity index (χ0v) is 13.0. The molecule has 1 heteroatoms. The van der Waals surface area contributed by atoms with E-state index in [1.165, 1.54) is 44.9 Å². The van der Waals surface area contributed by atoms with Crippen LogP contribution in [0.4, 0.5) is 0 Å². The van der Waals surface area contributed by atoms with Gasteiger partial charge < -0.3 is 5.11 Å². The number of aliphatic hydroxyl groups excluding tert-OH is 1. The van der Waals surface area contributed by atoms with Crippen LogP contribution in [0.2, 0.25) is 0 Å². The molecule has 0 spiro atoms. The Morgan fingerprint density at radius 2 is 2.05 bits per heavy atom. The van der Waals surface area contributed by atoms with Gasteiger partial charge in [-0.2, -0.15) is 0 Å². The summed E-state index contributed by atoms with van der Waals surface area (Å²) in [6, 6.07) is 0. The van der Waals surface area contributed by atoms with Crippen LogP contribution in [0.25, 0.3) is 0 Å². The van der Waals surface area contributed by atoms with Gasteiger partial charge in [-0.25, -0.2) is 0 Å². The van der Waals surface area contributed by atoms with Gasteiger partial charge >= 0.3 is 0 Å². The lowest BCUT2D eigenvalue weighted by molar-refractivity contribution is 0.0235. The van der Waals surface area contributed by atoms with Gasteiger partial charge in [0.05, 0.1) is 6.10 Å². The van der Waals surface area contributed by atoms with Crippen molar-refractivity contribution in [2.45, 2.75) is 71.3 Å². The maximum atomic E-state index is 10.4. The van der Waals surface area contributed by atoms with E-state index >= 15 is 0 Å². The van der Waals surface area contributed by atoms with Gasteiger partial charge in [-0.3, -0.25) is 0 Å². The van der Waals surface area contributed by atoms with Crippen molar-refractivity contribution in [2.24, 2.45) is 23.2 Å². The molecule has 0 radical (unpaired) electrons. The number of allylic oxidation sites excluding steroid dienone is 4. The lowest BCUT2D eigenvalue weighted by Gasteiger charge is -2.47. The number of hydrogen-bond acceptors (Lipinski definition) is 1. The van der Waals surface area contributed by atoms with E-state index in [0.29, 0.717) is 5.92 Å². The first-order valence-electron chi connectivity index (χ1n) is 8.68. The van der Waals surface area contributed by atoms with Crippen LogP contribution in [-0.4, -0.2) is 11.2 Å². The number of rotatable bonds is 0. The summed E-state index contributed by atoms with van der Waals surface area (Å²) in [6.45, 7) is 4.76. The summed E-state index contributed by atoms with van der Waals surface area (Å²) < 4.78 is 0. The Morgan fingerprint density at radius 1 is 1.20 bits per heavy atom. The summed E-state index contributed by atoms with van der Waals surface area (Å²) in [7, 11) is 0. The lowest BCUT2D eigenvalue weighted by Crippen LogP contribution is -2.40. The summed E-state index contributed by atoms with van der Waals surface area (Å²) >= 11 is 0. The summed E-state index contributed by atoms with van der Waals surface area (Å²) in [4.78, 5) is 0. The zero-order chi connectivity index (χ0) is 13.9. The van der Waals surface area contributed by atoms with Crippen LogP contribution >= 0.6 is 0 Å². The average Bonchev–Trinajstić information content (AvgIpc) is 2.74. The second kappa shape index (κ2) is 4.47. The molecule has 0 bridgehead atoms. The third-order valence-corrected chi connectivity index (χ3v) is 7.02. The highest BCUT2D eigenvalue weighted by Crippen LogP contribution is 2.59. The molecule has 20 heavy (non-hydrogen) atoms. The number of aliphatic hydroxyl groups is 1. The predicted octanol–water partition coefficient (Wildman–Crippen LogP) is 4.62. The van der Waals surface area contributed by atoms with Crippen molar-refractivity contribution in [1.82, 2.24) is 0 Å². The molecular weight excluding hydrogens is 244 g/mol. The predicted molar refractivity (Wildman–Crippen MR) is 82.3 cm³/mol. The topological polar surface area (TPSA) is 20.2 Å². The van der Waals surface area contributed by atoms with Crippen LogP contribution in [0.3, 0.4) is 0 Å². The Morgan fingerprint density at radius 3 is 2.90 bits per heavy atom. The van der Waals surface area contributed by atoms with Crippen LogP contribution < -0.4 is 0 Å². The molecule has 4 rings (SSSR count). The Bertz CT molecular complexity index is 486. The van der Waals surface area contributed by atoms with Gasteiger partial charge in [0, 0.05) is 11.3 Å². The third-order valence-electron chi connectivity index (χ3n) is 7.02. The maximum Gasteiger partial charge on any atom is 0.0599 e. The molecule has 2 saturated carbocycles. The minimum absolute atomic E-state index is 0.0592. The molecule has 1 unspecified atom stereocenters. The molecule has 0 aliphatic heterocycles. The lowest BCUT2D eigenvalue weighted by atomic mass is 9.58. The highest BCUT2D eigenvalue weighted by Gasteiger charge is 2.52.